The number of aromatic nitrogens is 3. The third-order valence-electron chi connectivity index (χ3n) is 3.65. The summed E-state index contributed by atoms with van der Waals surface area (Å²) in [5.41, 5.74) is 1.92. The second kappa shape index (κ2) is 5.40. The molecule has 1 saturated heterocycles. The molecule has 2 N–H and O–H groups in total. The van der Waals surface area contributed by atoms with Crippen molar-refractivity contribution in [3.8, 4) is 11.3 Å². The largest absolute Gasteiger partial charge is 0.396 e. The molecule has 1 aliphatic heterocycles. The van der Waals surface area contributed by atoms with Crippen molar-refractivity contribution in [3.05, 3.63) is 30.6 Å². The highest BCUT2D eigenvalue weighted by molar-refractivity contribution is 5.58. The summed E-state index contributed by atoms with van der Waals surface area (Å²) in [6.07, 6.45) is 5.99. The molecule has 0 spiro atoms. The Kier molecular flexibility index (Phi) is 3.46. The van der Waals surface area contributed by atoms with E-state index in [2.05, 4.69) is 20.1 Å². The van der Waals surface area contributed by atoms with Crippen LogP contribution in [0.5, 0.6) is 0 Å². The van der Waals surface area contributed by atoms with Crippen LogP contribution in [0.3, 0.4) is 0 Å². The smallest absolute Gasteiger partial charge is 0.151 e. The van der Waals surface area contributed by atoms with Gasteiger partial charge in [0.05, 0.1) is 5.69 Å². The van der Waals surface area contributed by atoms with Gasteiger partial charge in [-0.25, -0.2) is 0 Å². The minimum atomic E-state index is 0.255. The van der Waals surface area contributed by atoms with Crippen molar-refractivity contribution in [1.82, 2.24) is 15.2 Å². The van der Waals surface area contributed by atoms with Gasteiger partial charge in [-0.1, -0.05) is 0 Å². The molecule has 2 aromatic heterocycles. The number of nitrogens with zero attached hydrogens (tertiary/aromatic N) is 3. The Morgan fingerprint density at radius 2 is 2.26 bits per heavy atom. The van der Waals surface area contributed by atoms with Crippen LogP contribution in [0.1, 0.15) is 12.8 Å². The van der Waals surface area contributed by atoms with Crippen molar-refractivity contribution in [2.24, 2.45) is 5.92 Å². The van der Waals surface area contributed by atoms with Gasteiger partial charge in [0.1, 0.15) is 0 Å². The van der Waals surface area contributed by atoms with E-state index in [1.165, 1.54) is 0 Å². The zero-order chi connectivity index (χ0) is 13.1. The van der Waals surface area contributed by atoms with Crippen LogP contribution >= 0.6 is 0 Å². The number of aliphatic hydroxyl groups is 1. The Labute approximate surface area is 112 Å². The minimum Gasteiger partial charge on any atom is -0.396 e. The lowest BCUT2D eigenvalue weighted by Crippen LogP contribution is -2.37. The molecule has 19 heavy (non-hydrogen) atoms. The number of hydrogen-bond donors (Lipinski definition) is 2. The average Bonchev–Trinajstić information content (AvgIpc) is 3.02. The first-order valence-electron chi connectivity index (χ1n) is 6.69. The highest BCUT2D eigenvalue weighted by atomic mass is 16.3. The van der Waals surface area contributed by atoms with Crippen LogP contribution in [0.4, 0.5) is 5.82 Å². The molecule has 1 unspecified atom stereocenters. The highest BCUT2D eigenvalue weighted by Crippen LogP contribution is 2.22. The van der Waals surface area contributed by atoms with Crippen LogP contribution < -0.4 is 4.90 Å². The Morgan fingerprint density at radius 1 is 1.32 bits per heavy atom. The van der Waals surface area contributed by atoms with E-state index in [1.54, 1.807) is 0 Å². The Balaban J connectivity index is 1.75. The van der Waals surface area contributed by atoms with Crippen LogP contribution in [0.25, 0.3) is 11.3 Å². The normalized spacial score (nSPS) is 19.6. The lowest BCUT2D eigenvalue weighted by molar-refractivity contribution is 0.208. The van der Waals surface area contributed by atoms with Gasteiger partial charge in [0.25, 0.3) is 0 Å². The third-order valence-corrected chi connectivity index (χ3v) is 3.65. The SMILES string of the molecule is OCC1CCCN(c2ccc(-c3cc[nH]c3)nn2)C1. The van der Waals surface area contributed by atoms with Gasteiger partial charge in [0.2, 0.25) is 0 Å². The van der Waals surface area contributed by atoms with Crippen LogP contribution in [0.15, 0.2) is 30.6 Å². The molecule has 0 radical (unpaired) electrons. The van der Waals surface area contributed by atoms with E-state index in [9.17, 15) is 5.11 Å². The monoisotopic (exact) mass is 258 g/mol. The van der Waals surface area contributed by atoms with Crippen molar-refractivity contribution in [1.29, 1.82) is 0 Å². The van der Waals surface area contributed by atoms with Gasteiger partial charge in [-0.3, -0.25) is 0 Å². The number of piperidine rings is 1. The minimum absolute atomic E-state index is 0.255. The molecular weight excluding hydrogens is 240 g/mol. The third kappa shape index (κ3) is 2.61. The summed E-state index contributed by atoms with van der Waals surface area (Å²) in [4.78, 5) is 5.22. The van der Waals surface area contributed by atoms with Crippen molar-refractivity contribution in [2.75, 3.05) is 24.6 Å². The fourth-order valence-corrected chi connectivity index (χ4v) is 2.55. The lowest BCUT2D eigenvalue weighted by Gasteiger charge is -2.32. The molecule has 1 atom stereocenters. The summed E-state index contributed by atoms with van der Waals surface area (Å²) in [6.45, 7) is 2.12. The Hall–Kier alpha value is -1.88. The van der Waals surface area contributed by atoms with Crippen molar-refractivity contribution < 1.29 is 5.11 Å². The second-order valence-electron chi connectivity index (χ2n) is 5.01. The van der Waals surface area contributed by atoms with E-state index >= 15 is 0 Å². The molecule has 0 aliphatic carbocycles. The molecule has 1 aliphatic rings. The number of H-pyrrole nitrogens is 1. The van der Waals surface area contributed by atoms with E-state index in [0.717, 1.165) is 43.0 Å². The van der Waals surface area contributed by atoms with Crippen LogP contribution in [-0.2, 0) is 0 Å². The predicted molar refractivity (Wildman–Crippen MR) is 73.8 cm³/mol. The van der Waals surface area contributed by atoms with Crippen LogP contribution in [-0.4, -0.2) is 40.0 Å². The second-order valence-corrected chi connectivity index (χ2v) is 5.01. The maximum atomic E-state index is 9.26. The summed E-state index contributed by atoms with van der Waals surface area (Å²) >= 11 is 0. The quantitative estimate of drug-likeness (QED) is 0.879. The van der Waals surface area contributed by atoms with E-state index < -0.39 is 0 Å². The van der Waals surface area contributed by atoms with Gasteiger partial charge < -0.3 is 15.0 Å². The van der Waals surface area contributed by atoms with Gasteiger partial charge >= 0.3 is 0 Å². The molecule has 3 rings (SSSR count). The van der Waals surface area contributed by atoms with Crippen molar-refractivity contribution in [2.45, 2.75) is 12.8 Å². The molecule has 0 aromatic carbocycles. The fourth-order valence-electron chi connectivity index (χ4n) is 2.55. The van der Waals surface area contributed by atoms with Crippen LogP contribution in [0, 0.1) is 5.92 Å². The van der Waals surface area contributed by atoms with E-state index in [-0.39, 0.29) is 6.61 Å². The summed E-state index contributed by atoms with van der Waals surface area (Å²) in [5, 5.41) is 17.8. The number of aliphatic hydroxyl groups excluding tert-OH is 1. The molecule has 0 saturated carbocycles. The zero-order valence-corrected chi connectivity index (χ0v) is 10.8. The van der Waals surface area contributed by atoms with Gasteiger partial charge in [-0.15, -0.1) is 10.2 Å². The molecule has 0 bridgehead atoms. The zero-order valence-electron chi connectivity index (χ0n) is 10.8. The van der Waals surface area contributed by atoms with E-state index in [0.29, 0.717) is 5.92 Å². The first-order chi connectivity index (χ1) is 9.36. The summed E-state index contributed by atoms with van der Waals surface area (Å²) in [6, 6.07) is 5.98. The number of anilines is 1. The highest BCUT2D eigenvalue weighted by Gasteiger charge is 2.20. The number of nitrogens with one attached hydrogen (secondary N) is 1. The lowest BCUT2D eigenvalue weighted by atomic mass is 9.99. The van der Waals surface area contributed by atoms with Crippen LogP contribution in [0.2, 0.25) is 0 Å². The molecular formula is C14H18N4O. The number of rotatable bonds is 3. The standard InChI is InChI=1S/C14H18N4O/c19-10-11-2-1-7-18(9-11)14-4-3-13(16-17-14)12-5-6-15-8-12/h3-6,8,11,15,19H,1-2,7,9-10H2. The van der Waals surface area contributed by atoms with Crippen molar-refractivity contribution in [3.63, 3.8) is 0 Å². The van der Waals surface area contributed by atoms with Gasteiger partial charge in [-0.05, 0) is 37.0 Å². The Bertz CT molecular complexity index is 509. The number of hydrogen-bond acceptors (Lipinski definition) is 4. The fraction of sp³-hybridized carbons (Fsp3) is 0.429. The summed E-state index contributed by atoms with van der Waals surface area (Å²) in [5.74, 6) is 1.26. The Morgan fingerprint density at radius 3 is 2.95 bits per heavy atom. The summed E-state index contributed by atoms with van der Waals surface area (Å²) < 4.78 is 0. The molecule has 1 fully saturated rings. The number of aromatic amines is 1. The molecule has 3 heterocycles. The first kappa shape index (κ1) is 12.2. The average molecular weight is 258 g/mol. The maximum Gasteiger partial charge on any atom is 0.151 e. The predicted octanol–water partition coefficient (Wildman–Crippen LogP) is 1.68. The molecule has 100 valence electrons. The molecule has 5 heteroatoms. The molecule has 0 amide bonds. The molecule has 2 aromatic rings. The summed E-state index contributed by atoms with van der Waals surface area (Å²) in [7, 11) is 0. The maximum absolute atomic E-state index is 9.26. The van der Waals surface area contributed by atoms with Gasteiger partial charge in [0.15, 0.2) is 5.82 Å². The van der Waals surface area contributed by atoms with Gasteiger partial charge in [-0.2, -0.15) is 0 Å². The van der Waals surface area contributed by atoms with Gasteiger partial charge in [0, 0.05) is 37.7 Å². The topological polar surface area (TPSA) is 65.0 Å². The van der Waals surface area contributed by atoms with E-state index in [1.807, 2.05) is 30.6 Å². The van der Waals surface area contributed by atoms with Crippen molar-refractivity contribution >= 4 is 5.82 Å². The molecule has 5 nitrogen and oxygen atoms in total. The van der Waals surface area contributed by atoms with E-state index in [4.69, 9.17) is 0 Å². The first-order valence-corrected chi connectivity index (χ1v) is 6.69.